The van der Waals surface area contributed by atoms with Gasteiger partial charge in [-0.05, 0) is 11.6 Å². The molecule has 2 aromatic rings. The van der Waals surface area contributed by atoms with E-state index in [4.69, 9.17) is 10.2 Å². The van der Waals surface area contributed by atoms with Gasteiger partial charge in [-0.2, -0.15) is 0 Å². The summed E-state index contributed by atoms with van der Waals surface area (Å²) in [5.74, 6) is 0.0606. The SMILES string of the molecule is Oc1cccc2c(O)c(CC(O)O)ccc12. The van der Waals surface area contributed by atoms with Gasteiger partial charge in [-0.1, -0.05) is 24.3 Å². The Balaban J connectivity index is 2.61. The quantitative estimate of drug-likeness (QED) is 0.571. The van der Waals surface area contributed by atoms with Crippen molar-refractivity contribution in [1.82, 2.24) is 0 Å². The molecule has 0 radical (unpaired) electrons. The average Bonchev–Trinajstić information content (AvgIpc) is 2.23. The Bertz CT molecular complexity index is 520. The van der Waals surface area contributed by atoms with Crippen molar-refractivity contribution in [3.05, 3.63) is 35.9 Å². The number of benzene rings is 2. The van der Waals surface area contributed by atoms with Gasteiger partial charge in [0.05, 0.1) is 0 Å². The summed E-state index contributed by atoms with van der Waals surface area (Å²) >= 11 is 0. The first-order chi connectivity index (χ1) is 7.59. The van der Waals surface area contributed by atoms with Gasteiger partial charge >= 0.3 is 0 Å². The Kier molecular flexibility index (Phi) is 2.68. The van der Waals surface area contributed by atoms with Gasteiger partial charge in [0, 0.05) is 17.2 Å². The van der Waals surface area contributed by atoms with Crippen LogP contribution in [0.2, 0.25) is 0 Å². The summed E-state index contributed by atoms with van der Waals surface area (Å²) in [6.45, 7) is 0. The number of hydrogen-bond acceptors (Lipinski definition) is 4. The van der Waals surface area contributed by atoms with E-state index in [9.17, 15) is 10.2 Å². The molecule has 0 atom stereocenters. The topological polar surface area (TPSA) is 80.9 Å². The largest absolute Gasteiger partial charge is 0.507 e. The highest BCUT2D eigenvalue weighted by Gasteiger charge is 2.10. The smallest absolute Gasteiger partial charge is 0.155 e. The van der Waals surface area contributed by atoms with Crippen LogP contribution in [0.1, 0.15) is 5.56 Å². The molecule has 0 spiro atoms. The van der Waals surface area contributed by atoms with Crippen molar-refractivity contribution in [2.45, 2.75) is 12.7 Å². The number of fused-ring (bicyclic) bond motifs is 1. The summed E-state index contributed by atoms with van der Waals surface area (Å²) < 4.78 is 0. The van der Waals surface area contributed by atoms with Crippen LogP contribution in [-0.2, 0) is 6.42 Å². The second-order valence-corrected chi connectivity index (χ2v) is 3.63. The zero-order valence-corrected chi connectivity index (χ0v) is 8.46. The molecular weight excluding hydrogens is 208 g/mol. The van der Waals surface area contributed by atoms with Crippen molar-refractivity contribution in [3.63, 3.8) is 0 Å². The highest BCUT2D eigenvalue weighted by atomic mass is 16.5. The number of phenolic OH excluding ortho intramolecular Hbond substituents is 2. The molecule has 0 aromatic heterocycles. The molecule has 16 heavy (non-hydrogen) atoms. The normalized spacial score (nSPS) is 11.2. The minimum absolute atomic E-state index is 0.0264. The molecule has 0 saturated carbocycles. The van der Waals surface area contributed by atoms with Crippen molar-refractivity contribution < 1.29 is 20.4 Å². The minimum atomic E-state index is -1.50. The van der Waals surface area contributed by atoms with E-state index in [2.05, 4.69) is 0 Å². The molecule has 4 N–H and O–H groups in total. The van der Waals surface area contributed by atoms with Crippen molar-refractivity contribution in [2.75, 3.05) is 0 Å². The summed E-state index contributed by atoms with van der Waals surface area (Å²) in [6, 6.07) is 8.02. The van der Waals surface area contributed by atoms with Crippen LogP contribution in [0, 0.1) is 0 Å². The second-order valence-electron chi connectivity index (χ2n) is 3.63. The van der Waals surface area contributed by atoms with E-state index in [1.54, 1.807) is 24.3 Å². The second kappa shape index (κ2) is 4.00. The number of aliphatic hydroxyl groups excluding tert-OH is 1. The fourth-order valence-electron chi connectivity index (χ4n) is 1.73. The fraction of sp³-hybridized carbons (Fsp3) is 0.167. The number of hydrogen-bond donors (Lipinski definition) is 4. The number of phenols is 2. The monoisotopic (exact) mass is 220 g/mol. The molecule has 0 heterocycles. The molecule has 4 heteroatoms. The Morgan fingerprint density at radius 2 is 1.69 bits per heavy atom. The molecule has 0 unspecified atom stereocenters. The molecule has 0 aliphatic heterocycles. The highest BCUT2D eigenvalue weighted by molar-refractivity contribution is 5.93. The average molecular weight is 220 g/mol. The first kappa shape index (κ1) is 10.7. The first-order valence-electron chi connectivity index (χ1n) is 4.88. The highest BCUT2D eigenvalue weighted by Crippen LogP contribution is 2.33. The third-order valence-electron chi connectivity index (χ3n) is 2.50. The van der Waals surface area contributed by atoms with Gasteiger partial charge in [-0.15, -0.1) is 0 Å². The zero-order valence-electron chi connectivity index (χ0n) is 8.46. The molecule has 4 nitrogen and oxygen atoms in total. The molecule has 0 saturated heterocycles. The lowest BCUT2D eigenvalue weighted by molar-refractivity contribution is -0.0384. The molecular formula is C12H12O4. The van der Waals surface area contributed by atoms with Gasteiger partial charge in [-0.3, -0.25) is 0 Å². The van der Waals surface area contributed by atoms with E-state index >= 15 is 0 Å². The molecule has 2 aromatic carbocycles. The van der Waals surface area contributed by atoms with E-state index < -0.39 is 6.29 Å². The van der Waals surface area contributed by atoms with E-state index in [-0.39, 0.29) is 17.9 Å². The molecule has 0 amide bonds. The lowest BCUT2D eigenvalue weighted by Gasteiger charge is -2.09. The third kappa shape index (κ3) is 1.80. The molecule has 0 fully saturated rings. The summed E-state index contributed by atoms with van der Waals surface area (Å²) in [4.78, 5) is 0. The lowest BCUT2D eigenvalue weighted by atomic mass is 10.0. The van der Waals surface area contributed by atoms with Crippen LogP contribution in [0.25, 0.3) is 10.8 Å². The van der Waals surface area contributed by atoms with Crippen LogP contribution in [0.15, 0.2) is 30.3 Å². The maximum atomic E-state index is 9.89. The summed E-state index contributed by atoms with van der Waals surface area (Å²) in [6.07, 6.45) is -1.54. The lowest BCUT2D eigenvalue weighted by Crippen LogP contribution is -2.08. The van der Waals surface area contributed by atoms with Gasteiger partial charge in [-0.25, -0.2) is 0 Å². The minimum Gasteiger partial charge on any atom is -0.507 e. The first-order valence-corrected chi connectivity index (χ1v) is 4.88. The molecule has 0 aliphatic carbocycles. The predicted molar refractivity (Wildman–Crippen MR) is 59.2 cm³/mol. The van der Waals surface area contributed by atoms with Gasteiger partial charge < -0.3 is 20.4 Å². The maximum Gasteiger partial charge on any atom is 0.155 e. The van der Waals surface area contributed by atoms with Crippen molar-refractivity contribution >= 4 is 10.8 Å². The van der Waals surface area contributed by atoms with Crippen LogP contribution in [0.4, 0.5) is 0 Å². The van der Waals surface area contributed by atoms with E-state index in [0.717, 1.165) is 0 Å². The van der Waals surface area contributed by atoms with Gasteiger partial charge in [0.25, 0.3) is 0 Å². The molecule has 0 bridgehead atoms. The standard InChI is InChI=1S/C12H12O4/c13-10-3-1-2-9-8(10)5-4-7(12(9)16)6-11(14)15/h1-5,11,13-16H,6H2. The van der Waals surface area contributed by atoms with Crippen LogP contribution >= 0.6 is 0 Å². The van der Waals surface area contributed by atoms with E-state index in [0.29, 0.717) is 16.3 Å². The van der Waals surface area contributed by atoms with Crippen LogP contribution < -0.4 is 0 Å². The number of aromatic hydroxyl groups is 2. The Morgan fingerprint density at radius 1 is 0.938 bits per heavy atom. The number of aliphatic hydroxyl groups is 2. The molecule has 84 valence electrons. The summed E-state index contributed by atoms with van der Waals surface area (Å²) in [5, 5.41) is 38.2. The van der Waals surface area contributed by atoms with E-state index in [1.165, 1.54) is 6.07 Å². The maximum absolute atomic E-state index is 9.89. The van der Waals surface area contributed by atoms with Crippen molar-refractivity contribution in [3.8, 4) is 11.5 Å². The fourth-order valence-corrected chi connectivity index (χ4v) is 1.73. The third-order valence-corrected chi connectivity index (χ3v) is 2.50. The van der Waals surface area contributed by atoms with E-state index in [1.807, 2.05) is 0 Å². The van der Waals surface area contributed by atoms with Gasteiger partial charge in [0.1, 0.15) is 11.5 Å². The van der Waals surface area contributed by atoms with Gasteiger partial charge in [0.15, 0.2) is 6.29 Å². The van der Waals surface area contributed by atoms with Crippen LogP contribution in [-0.4, -0.2) is 26.7 Å². The molecule has 2 rings (SSSR count). The molecule has 0 aliphatic rings. The van der Waals surface area contributed by atoms with Crippen LogP contribution in [0.5, 0.6) is 11.5 Å². The summed E-state index contributed by atoms with van der Waals surface area (Å²) in [5.41, 5.74) is 0.438. The Hall–Kier alpha value is -1.78. The number of rotatable bonds is 2. The Morgan fingerprint density at radius 3 is 2.38 bits per heavy atom. The van der Waals surface area contributed by atoms with Gasteiger partial charge in [0.2, 0.25) is 0 Å². The van der Waals surface area contributed by atoms with Crippen molar-refractivity contribution in [2.24, 2.45) is 0 Å². The van der Waals surface area contributed by atoms with Crippen molar-refractivity contribution in [1.29, 1.82) is 0 Å². The van der Waals surface area contributed by atoms with Crippen LogP contribution in [0.3, 0.4) is 0 Å². The summed E-state index contributed by atoms with van der Waals surface area (Å²) in [7, 11) is 0. The predicted octanol–water partition coefficient (Wildman–Crippen LogP) is 1.10. The zero-order chi connectivity index (χ0) is 11.7. The Labute approximate surface area is 92.0 Å².